The van der Waals surface area contributed by atoms with Crippen LogP contribution in [0.2, 0.25) is 0 Å². The maximum Gasteiger partial charge on any atom is 0.408 e. The van der Waals surface area contributed by atoms with Gasteiger partial charge in [-0.3, -0.25) is 0 Å². The summed E-state index contributed by atoms with van der Waals surface area (Å²) in [4.78, 5) is 30.4. The molecule has 9 heteroatoms. The van der Waals surface area contributed by atoms with Crippen LogP contribution in [0.25, 0.3) is 0 Å². The van der Waals surface area contributed by atoms with E-state index in [0.717, 1.165) is 55.8 Å². The summed E-state index contributed by atoms with van der Waals surface area (Å²) in [5, 5.41) is 16.8. The van der Waals surface area contributed by atoms with E-state index in [4.69, 9.17) is 14.9 Å². The van der Waals surface area contributed by atoms with Crippen LogP contribution in [0.5, 0.6) is 0 Å². The van der Waals surface area contributed by atoms with E-state index >= 15 is 0 Å². The molecule has 3 aromatic rings. The highest BCUT2D eigenvalue weighted by atomic mass is 16.6. The summed E-state index contributed by atoms with van der Waals surface area (Å²) in [5.41, 5.74) is 1.78. The standard InChI is InChI=1S/C29H37N5O4/c1-29(2,3)38-28(37)31-25(22-7-5-4-6-8-22)15-18-33-16-13-24(14-17-33)34-20-30-26(32-34)19-21-9-11-23(12-10-21)27(35)36/h4-12,20,24-25H,13-19H2,1-3H3,(H,31,37)(H,35,36)/t25-/m0/s1. The fourth-order valence-corrected chi connectivity index (χ4v) is 4.69. The van der Waals surface area contributed by atoms with Gasteiger partial charge in [0.1, 0.15) is 11.9 Å². The van der Waals surface area contributed by atoms with Gasteiger partial charge in [-0.1, -0.05) is 42.5 Å². The number of ether oxygens (including phenoxy) is 1. The lowest BCUT2D eigenvalue weighted by atomic mass is 10.0. The van der Waals surface area contributed by atoms with Crippen LogP contribution < -0.4 is 5.32 Å². The number of carbonyl (C=O) groups excluding carboxylic acids is 1. The number of aromatic carboxylic acids is 1. The molecule has 0 unspecified atom stereocenters. The Morgan fingerprint density at radius 2 is 1.76 bits per heavy atom. The Kier molecular flexibility index (Phi) is 8.78. The molecule has 4 rings (SSSR count). The van der Waals surface area contributed by atoms with Gasteiger partial charge in [0.05, 0.1) is 17.6 Å². The first-order valence-electron chi connectivity index (χ1n) is 13.2. The number of carboxylic acids is 1. The predicted molar refractivity (Wildman–Crippen MR) is 144 cm³/mol. The Morgan fingerprint density at radius 3 is 2.39 bits per heavy atom. The van der Waals surface area contributed by atoms with Gasteiger partial charge in [-0.15, -0.1) is 0 Å². The number of piperidine rings is 1. The van der Waals surface area contributed by atoms with Gasteiger partial charge in [0, 0.05) is 26.1 Å². The molecule has 1 fully saturated rings. The zero-order chi connectivity index (χ0) is 27.1. The molecule has 9 nitrogen and oxygen atoms in total. The quantitative estimate of drug-likeness (QED) is 0.415. The van der Waals surface area contributed by atoms with E-state index in [2.05, 4.69) is 15.2 Å². The number of hydrogen-bond acceptors (Lipinski definition) is 6. The van der Waals surface area contributed by atoms with E-state index in [1.54, 1.807) is 18.5 Å². The summed E-state index contributed by atoms with van der Waals surface area (Å²) >= 11 is 0. The van der Waals surface area contributed by atoms with E-state index in [1.165, 1.54) is 0 Å². The van der Waals surface area contributed by atoms with Crippen LogP contribution in [0, 0.1) is 0 Å². The normalized spacial score (nSPS) is 15.7. The molecular formula is C29H37N5O4. The Bertz CT molecular complexity index is 1200. The fourth-order valence-electron chi connectivity index (χ4n) is 4.69. The van der Waals surface area contributed by atoms with Crippen molar-refractivity contribution in [2.24, 2.45) is 0 Å². The first kappa shape index (κ1) is 27.3. The molecule has 38 heavy (non-hydrogen) atoms. The number of alkyl carbamates (subject to hydrolysis) is 1. The fraction of sp³-hybridized carbons (Fsp3) is 0.448. The SMILES string of the molecule is CC(C)(C)OC(=O)N[C@@H](CCN1CCC(n2cnc(Cc3ccc(C(=O)O)cc3)n2)CC1)c1ccccc1. The Morgan fingerprint density at radius 1 is 1.08 bits per heavy atom. The lowest BCUT2D eigenvalue weighted by Gasteiger charge is -2.33. The average Bonchev–Trinajstić information content (AvgIpc) is 3.35. The summed E-state index contributed by atoms with van der Waals surface area (Å²) in [5.74, 6) is -0.199. The third-order valence-corrected chi connectivity index (χ3v) is 6.68. The minimum atomic E-state index is -0.930. The van der Waals surface area contributed by atoms with Crippen LogP contribution in [0.15, 0.2) is 60.9 Å². The number of amides is 1. The first-order chi connectivity index (χ1) is 18.2. The van der Waals surface area contributed by atoms with Crippen LogP contribution in [-0.4, -0.2) is 62.1 Å². The molecule has 1 aliphatic heterocycles. The zero-order valence-electron chi connectivity index (χ0n) is 22.3. The van der Waals surface area contributed by atoms with Crippen LogP contribution in [0.3, 0.4) is 0 Å². The molecule has 1 saturated heterocycles. The Labute approximate surface area is 223 Å². The molecule has 2 heterocycles. The van der Waals surface area contributed by atoms with Gasteiger partial charge in [0.25, 0.3) is 0 Å². The minimum absolute atomic E-state index is 0.119. The van der Waals surface area contributed by atoms with Crippen molar-refractivity contribution in [1.29, 1.82) is 0 Å². The maximum absolute atomic E-state index is 12.5. The van der Waals surface area contributed by atoms with Crippen molar-refractivity contribution in [3.8, 4) is 0 Å². The van der Waals surface area contributed by atoms with Crippen LogP contribution in [-0.2, 0) is 11.2 Å². The number of benzene rings is 2. The second kappa shape index (κ2) is 12.2. The van der Waals surface area contributed by atoms with Gasteiger partial charge >= 0.3 is 12.1 Å². The zero-order valence-corrected chi connectivity index (χ0v) is 22.3. The van der Waals surface area contributed by atoms with Crippen molar-refractivity contribution >= 4 is 12.1 Å². The molecular weight excluding hydrogens is 482 g/mol. The van der Waals surface area contributed by atoms with Crippen molar-refractivity contribution < 1.29 is 19.4 Å². The predicted octanol–water partition coefficient (Wildman–Crippen LogP) is 4.86. The van der Waals surface area contributed by atoms with Gasteiger partial charge in [-0.25, -0.2) is 19.3 Å². The number of nitrogens with one attached hydrogen (secondary N) is 1. The summed E-state index contributed by atoms with van der Waals surface area (Å²) in [7, 11) is 0. The monoisotopic (exact) mass is 519 g/mol. The summed E-state index contributed by atoms with van der Waals surface area (Å²) in [6, 6.07) is 17.0. The highest BCUT2D eigenvalue weighted by molar-refractivity contribution is 5.87. The number of carbonyl (C=O) groups is 2. The molecule has 1 amide bonds. The molecule has 2 aromatic carbocycles. The van der Waals surface area contributed by atoms with E-state index < -0.39 is 17.7 Å². The molecule has 1 aliphatic rings. The van der Waals surface area contributed by atoms with Crippen LogP contribution in [0.4, 0.5) is 4.79 Å². The molecule has 0 bridgehead atoms. The van der Waals surface area contributed by atoms with Crippen LogP contribution in [0.1, 0.15) is 79.4 Å². The van der Waals surface area contributed by atoms with E-state index in [-0.39, 0.29) is 11.6 Å². The van der Waals surface area contributed by atoms with Gasteiger partial charge in [0.2, 0.25) is 0 Å². The van der Waals surface area contributed by atoms with E-state index in [0.29, 0.717) is 12.5 Å². The molecule has 1 atom stereocenters. The maximum atomic E-state index is 12.5. The third-order valence-electron chi connectivity index (χ3n) is 6.68. The number of carboxylic acid groups (broad SMARTS) is 1. The smallest absolute Gasteiger partial charge is 0.408 e. The first-order valence-corrected chi connectivity index (χ1v) is 13.2. The van der Waals surface area contributed by atoms with Crippen molar-refractivity contribution in [1.82, 2.24) is 25.0 Å². The second-order valence-electron chi connectivity index (χ2n) is 10.8. The van der Waals surface area contributed by atoms with Gasteiger partial charge in [-0.2, -0.15) is 5.10 Å². The molecule has 2 N–H and O–H groups in total. The number of nitrogens with zero attached hydrogens (tertiary/aromatic N) is 4. The third kappa shape index (κ3) is 7.89. The number of hydrogen-bond donors (Lipinski definition) is 2. The summed E-state index contributed by atoms with van der Waals surface area (Å²) in [6.45, 7) is 8.37. The van der Waals surface area contributed by atoms with Crippen molar-refractivity contribution in [3.05, 3.63) is 83.4 Å². The number of aromatic nitrogens is 3. The molecule has 0 aliphatic carbocycles. The number of rotatable bonds is 9. The average molecular weight is 520 g/mol. The second-order valence-corrected chi connectivity index (χ2v) is 10.8. The lowest BCUT2D eigenvalue weighted by molar-refractivity contribution is 0.0495. The summed E-state index contributed by atoms with van der Waals surface area (Å²) in [6.07, 6.45) is 4.72. The Hall–Kier alpha value is -3.72. The van der Waals surface area contributed by atoms with E-state index in [1.807, 2.05) is 67.9 Å². The molecule has 0 radical (unpaired) electrons. The largest absolute Gasteiger partial charge is 0.478 e. The molecule has 0 spiro atoms. The van der Waals surface area contributed by atoms with Crippen molar-refractivity contribution in [2.45, 2.75) is 64.1 Å². The Balaban J connectivity index is 1.28. The van der Waals surface area contributed by atoms with E-state index in [9.17, 15) is 9.59 Å². The topological polar surface area (TPSA) is 110 Å². The summed E-state index contributed by atoms with van der Waals surface area (Å²) < 4.78 is 7.46. The van der Waals surface area contributed by atoms with Gasteiger partial charge in [-0.05, 0) is 63.3 Å². The van der Waals surface area contributed by atoms with Gasteiger partial charge in [0.15, 0.2) is 5.82 Å². The molecule has 0 saturated carbocycles. The van der Waals surface area contributed by atoms with Gasteiger partial charge < -0.3 is 20.1 Å². The highest BCUT2D eigenvalue weighted by Gasteiger charge is 2.24. The highest BCUT2D eigenvalue weighted by Crippen LogP contribution is 2.24. The van der Waals surface area contributed by atoms with Crippen molar-refractivity contribution in [3.63, 3.8) is 0 Å². The van der Waals surface area contributed by atoms with Crippen molar-refractivity contribution in [2.75, 3.05) is 19.6 Å². The van der Waals surface area contributed by atoms with Crippen LogP contribution >= 0.6 is 0 Å². The molecule has 1 aromatic heterocycles. The lowest BCUT2D eigenvalue weighted by Crippen LogP contribution is -2.39. The minimum Gasteiger partial charge on any atom is -0.478 e. The molecule has 202 valence electrons. The number of likely N-dealkylation sites (tertiary alicyclic amines) is 1.